The van der Waals surface area contributed by atoms with Crippen LogP contribution in [0.1, 0.15) is 91.9 Å². The zero-order valence-electron chi connectivity index (χ0n) is 26.2. The molecule has 5 fully saturated rings. The van der Waals surface area contributed by atoms with Crippen molar-refractivity contribution in [3.8, 4) is 0 Å². The van der Waals surface area contributed by atoms with Crippen molar-refractivity contribution in [3.05, 3.63) is 48.1 Å². The van der Waals surface area contributed by atoms with E-state index in [1.807, 2.05) is 26.0 Å². The molecular weight excluding hydrogens is 548 g/mol. The fourth-order valence-electron chi connectivity index (χ4n) is 9.16. The number of unbranched alkanes of at least 4 members (excludes halogenated alkanes) is 8. The minimum atomic E-state index is -2.22. The maximum atomic E-state index is 13.6. The van der Waals surface area contributed by atoms with Gasteiger partial charge in [0.05, 0.1) is 12.2 Å². The number of carbonyl (C=O) groups is 1. The van der Waals surface area contributed by atoms with Crippen molar-refractivity contribution in [1.82, 2.24) is 0 Å². The molecule has 3 aliphatic heterocycles. The Morgan fingerprint density at radius 3 is 2.44 bits per heavy atom. The summed E-state index contributed by atoms with van der Waals surface area (Å²) in [5.74, 6) is -3.80. The van der Waals surface area contributed by atoms with Gasteiger partial charge in [-0.3, -0.25) is 4.79 Å². The Bertz CT molecular complexity index is 1220. The van der Waals surface area contributed by atoms with Gasteiger partial charge in [-0.2, -0.15) is 0 Å². The van der Waals surface area contributed by atoms with Gasteiger partial charge in [-0.15, -0.1) is 0 Å². The van der Waals surface area contributed by atoms with E-state index in [-0.39, 0.29) is 5.92 Å². The third-order valence-electron chi connectivity index (χ3n) is 11.4. The number of ether oxygens (including phenoxy) is 4. The summed E-state index contributed by atoms with van der Waals surface area (Å²) in [6.45, 7) is 11.6. The van der Waals surface area contributed by atoms with Gasteiger partial charge in [-0.05, 0) is 50.2 Å². The number of fused-ring (bicyclic) bond motifs is 3. The molecule has 3 bridgehead atoms. The number of epoxide rings is 1. The molecule has 3 saturated heterocycles. The lowest BCUT2D eigenvalue weighted by Gasteiger charge is -2.59. The Balaban J connectivity index is 1.27. The molecule has 8 heteroatoms. The van der Waals surface area contributed by atoms with E-state index in [2.05, 4.69) is 19.6 Å². The molecule has 6 rings (SSSR count). The lowest BCUT2D eigenvalue weighted by atomic mass is 9.54. The molecule has 0 amide bonds. The highest BCUT2D eigenvalue weighted by atomic mass is 16.9. The fourth-order valence-corrected chi connectivity index (χ4v) is 9.16. The molecule has 3 heterocycles. The minimum Gasteiger partial charge on any atom is -0.393 e. The van der Waals surface area contributed by atoms with Crippen LogP contribution in [0.4, 0.5) is 0 Å². The monoisotopic (exact) mass is 598 g/mol. The first-order chi connectivity index (χ1) is 20.5. The number of allylic oxidation sites excluding steroid dienone is 3. The molecule has 11 atom stereocenters. The van der Waals surface area contributed by atoms with Gasteiger partial charge < -0.3 is 34.3 Å². The van der Waals surface area contributed by atoms with Gasteiger partial charge in [0.25, 0.3) is 0 Å². The molecule has 2 saturated carbocycles. The van der Waals surface area contributed by atoms with Crippen LogP contribution in [0.3, 0.4) is 0 Å². The number of Topliss-reactive ketones (excluding diaryl/α,β-unsaturated/α-hetero) is 1. The Hall–Kier alpha value is -1.65. The van der Waals surface area contributed by atoms with Crippen molar-refractivity contribution in [1.29, 1.82) is 0 Å². The van der Waals surface area contributed by atoms with Gasteiger partial charge in [-0.25, -0.2) is 0 Å². The third kappa shape index (κ3) is 4.31. The van der Waals surface area contributed by atoms with E-state index >= 15 is 0 Å². The summed E-state index contributed by atoms with van der Waals surface area (Å²) in [6, 6.07) is 0. The van der Waals surface area contributed by atoms with Crippen LogP contribution in [0.5, 0.6) is 0 Å². The van der Waals surface area contributed by atoms with Gasteiger partial charge in [0, 0.05) is 17.9 Å². The first-order valence-electron chi connectivity index (χ1n) is 16.5. The molecule has 3 aliphatic carbocycles. The number of aliphatic hydroxyl groups is 3. The molecule has 6 aliphatic rings. The summed E-state index contributed by atoms with van der Waals surface area (Å²) >= 11 is 0. The highest BCUT2D eigenvalue weighted by Gasteiger charge is 2.88. The molecule has 43 heavy (non-hydrogen) atoms. The average molecular weight is 599 g/mol. The zero-order chi connectivity index (χ0) is 30.8. The van der Waals surface area contributed by atoms with E-state index < -0.39 is 70.9 Å². The van der Waals surface area contributed by atoms with Crippen LogP contribution in [-0.2, 0) is 23.7 Å². The van der Waals surface area contributed by atoms with E-state index in [1.165, 1.54) is 44.9 Å². The van der Waals surface area contributed by atoms with E-state index in [9.17, 15) is 20.1 Å². The first kappa shape index (κ1) is 31.3. The van der Waals surface area contributed by atoms with Crippen LogP contribution in [-0.4, -0.2) is 74.4 Å². The highest BCUT2D eigenvalue weighted by molar-refractivity contribution is 6.05. The standard InChI is InChI=1S/C35H50O8/c1-6-7-8-9-10-11-12-13-14-15-16-17-18-33-41-28-26-29-32(21-36,40-29)30(38)34(39)25(19-23(4)27(34)37)35(26,43-33)24(5)20-31(28,42-33)22(2)3/h15-19,24-26,28-30,36,38-39H,2,6-14,20-21H2,1,3-5H3/b16-15+,18-17+/t24-,25?,26?,28?,29+,30-,31-,32+,33?,34-,35?/m1/s1. The van der Waals surface area contributed by atoms with E-state index in [0.717, 1.165) is 18.4 Å². The van der Waals surface area contributed by atoms with Crippen LogP contribution < -0.4 is 0 Å². The maximum absolute atomic E-state index is 13.6. The number of ketones is 1. The number of aliphatic hydroxyl groups excluding tert-OH is 2. The van der Waals surface area contributed by atoms with Gasteiger partial charge in [0.2, 0.25) is 0 Å². The van der Waals surface area contributed by atoms with Crippen molar-refractivity contribution in [2.24, 2.45) is 17.8 Å². The van der Waals surface area contributed by atoms with Gasteiger partial charge in [0.1, 0.15) is 29.5 Å². The Morgan fingerprint density at radius 2 is 1.77 bits per heavy atom. The van der Waals surface area contributed by atoms with Crippen molar-refractivity contribution in [2.45, 2.75) is 139 Å². The molecule has 0 aromatic heterocycles. The second-order valence-corrected chi connectivity index (χ2v) is 14.1. The van der Waals surface area contributed by atoms with Crippen LogP contribution >= 0.6 is 0 Å². The van der Waals surface area contributed by atoms with Crippen LogP contribution in [0, 0.1) is 17.8 Å². The summed E-state index contributed by atoms with van der Waals surface area (Å²) < 4.78 is 26.5. The molecular formula is C35H50O8. The molecule has 0 aromatic rings. The van der Waals surface area contributed by atoms with E-state index in [4.69, 9.17) is 18.9 Å². The van der Waals surface area contributed by atoms with Crippen LogP contribution in [0.2, 0.25) is 0 Å². The lowest BCUT2D eigenvalue weighted by Crippen LogP contribution is -2.72. The van der Waals surface area contributed by atoms with E-state index in [1.54, 1.807) is 19.1 Å². The summed E-state index contributed by atoms with van der Waals surface area (Å²) in [4.78, 5) is 13.6. The van der Waals surface area contributed by atoms with Crippen molar-refractivity contribution in [3.63, 3.8) is 0 Å². The molecule has 238 valence electrons. The minimum absolute atomic E-state index is 0.237. The lowest BCUT2D eigenvalue weighted by molar-refractivity contribution is -0.406. The van der Waals surface area contributed by atoms with Crippen molar-refractivity contribution >= 4 is 5.78 Å². The predicted molar refractivity (Wildman–Crippen MR) is 161 cm³/mol. The number of hydrogen-bond donors (Lipinski definition) is 3. The Labute approximate surface area is 255 Å². The van der Waals surface area contributed by atoms with Gasteiger partial charge in [-0.1, -0.05) is 89.7 Å². The molecule has 0 spiro atoms. The van der Waals surface area contributed by atoms with E-state index in [0.29, 0.717) is 12.0 Å². The second-order valence-electron chi connectivity index (χ2n) is 14.1. The van der Waals surface area contributed by atoms with Gasteiger partial charge >= 0.3 is 5.97 Å². The first-order valence-corrected chi connectivity index (χ1v) is 16.5. The molecule has 5 unspecified atom stereocenters. The summed E-state index contributed by atoms with van der Waals surface area (Å²) in [5, 5.41) is 34.2. The fraction of sp³-hybridized carbons (Fsp3) is 0.743. The molecule has 8 nitrogen and oxygen atoms in total. The number of hydrogen-bond acceptors (Lipinski definition) is 8. The molecule has 0 aromatic carbocycles. The SMILES string of the molecule is C=C(C)[C@]12C[C@@H](C)C34OC(/C=C/C=C/CCCCCCCCCC)(OC1C3[C@@H]1O[C@]1(CO)[C@@H](O)[C@]1(O)C(=O)C(C)=CC41)O2. The van der Waals surface area contributed by atoms with Crippen LogP contribution in [0.25, 0.3) is 0 Å². The van der Waals surface area contributed by atoms with Crippen LogP contribution in [0.15, 0.2) is 48.1 Å². The largest absolute Gasteiger partial charge is 0.393 e. The quantitative estimate of drug-likeness (QED) is 0.120. The van der Waals surface area contributed by atoms with Crippen molar-refractivity contribution < 1.29 is 39.1 Å². The van der Waals surface area contributed by atoms with Crippen molar-refractivity contribution in [2.75, 3.05) is 6.61 Å². The highest BCUT2D eigenvalue weighted by Crippen LogP contribution is 2.72. The zero-order valence-corrected chi connectivity index (χ0v) is 26.2. The summed E-state index contributed by atoms with van der Waals surface area (Å²) in [6.07, 6.45) is 18.3. The summed E-state index contributed by atoms with van der Waals surface area (Å²) in [7, 11) is 0. The Morgan fingerprint density at radius 1 is 1.07 bits per heavy atom. The number of rotatable bonds is 13. The molecule has 3 N–H and O–H groups in total. The van der Waals surface area contributed by atoms with Gasteiger partial charge in [0.15, 0.2) is 11.4 Å². The number of carbonyl (C=O) groups excluding carboxylic acids is 1. The Kier molecular flexibility index (Phi) is 8.02. The topological polar surface area (TPSA) is 118 Å². The predicted octanol–water partition coefficient (Wildman–Crippen LogP) is 4.82. The smallest absolute Gasteiger partial charge is 0.306 e. The molecule has 0 radical (unpaired) electrons. The maximum Gasteiger partial charge on any atom is 0.306 e. The normalized spacial score (nSPS) is 47.5. The summed E-state index contributed by atoms with van der Waals surface area (Å²) in [5.41, 5.74) is -4.66. The average Bonchev–Trinajstić information content (AvgIpc) is 3.62. The second kappa shape index (κ2) is 11.0. The third-order valence-corrected chi connectivity index (χ3v) is 11.4.